The van der Waals surface area contributed by atoms with Crippen molar-refractivity contribution in [2.45, 2.75) is 17.7 Å². The SMILES string of the molecule is Cc1c(SCc2ccc(C(=O)c3ccc(O)cc3)cc2)nc2ccccn2c1=O. The van der Waals surface area contributed by atoms with Crippen molar-refractivity contribution in [3.8, 4) is 5.75 Å². The number of rotatable bonds is 5. The summed E-state index contributed by atoms with van der Waals surface area (Å²) in [6, 6.07) is 19.1. The molecule has 29 heavy (non-hydrogen) atoms. The van der Waals surface area contributed by atoms with E-state index in [0.29, 0.717) is 33.1 Å². The van der Waals surface area contributed by atoms with E-state index >= 15 is 0 Å². The molecule has 0 atom stereocenters. The molecule has 5 nitrogen and oxygen atoms in total. The minimum Gasteiger partial charge on any atom is -0.508 e. The van der Waals surface area contributed by atoms with Gasteiger partial charge in [0.25, 0.3) is 5.56 Å². The fraction of sp³-hybridized carbons (Fsp3) is 0.0870. The fourth-order valence-corrected chi connectivity index (χ4v) is 3.94. The number of pyridine rings is 1. The molecule has 0 amide bonds. The van der Waals surface area contributed by atoms with Gasteiger partial charge in [0.1, 0.15) is 16.4 Å². The molecule has 2 aromatic heterocycles. The van der Waals surface area contributed by atoms with Gasteiger partial charge in [-0.25, -0.2) is 4.98 Å². The standard InChI is InChI=1S/C23H18N2O3S/c1-15-22(24-20-4-2-3-13-25(20)23(15)28)29-14-16-5-7-17(8-6-16)21(27)18-9-11-19(26)12-10-18/h2-13,26H,14H2,1H3. The summed E-state index contributed by atoms with van der Waals surface area (Å²) >= 11 is 1.50. The number of benzene rings is 2. The Labute approximate surface area is 171 Å². The van der Waals surface area contributed by atoms with Gasteiger partial charge in [0, 0.05) is 28.6 Å². The van der Waals surface area contributed by atoms with Gasteiger partial charge in [-0.1, -0.05) is 30.3 Å². The fourth-order valence-electron chi connectivity index (χ4n) is 2.98. The molecule has 0 unspecified atom stereocenters. The molecular formula is C23H18N2O3S. The number of phenols is 1. The number of hydrogen-bond acceptors (Lipinski definition) is 5. The van der Waals surface area contributed by atoms with E-state index in [2.05, 4.69) is 4.98 Å². The van der Waals surface area contributed by atoms with Crippen molar-refractivity contribution in [3.05, 3.63) is 106 Å². The number of thioether (sulfide) groups is 1. The molecule has 144 valence electrons. The molecule has 4 rings (SSSR count). The molecule has 4 aromatic rings. The van der Waals surface area contributed by atoms with Gasteiger partial charge in [-0.05, 0) is 48.9 Å². The van der Waals surface area contributed by atoms with Crippen molar-refractivity contribution < 1.29 is 9.90 Å². The third-order valence-electron chi connectivity index (χ3n) is 4.64. The zero-order chi connectivity index (χ0) is 20.4. The predicted molar refractivity (Wildman–Crippen MR) is 114 cm³/mol. The average molecular weight is 402 g/mol. The van der Waals surface area contributed by atoms with Crippen molar-refractivity contribution in [3.63, 3.8) is 0 Å². The van der Waals surface area contributed by atoms with Gasteiger partial charge in [-0.15, -0.1) is 11.8 Å². The summed E-state index contributed by atoms with van der Waals surface area (Å²) in [6.07, 6.45) is 1.72. The summed E-state index contributed by atoms with van der Waals surface area (Å²) in [5, 5.41) is 10.1. The van der Waals surface area contributed by atoms with Crippen LogP contribution in [0.3, 0.4) is 0 Å². The lowest BCUT2D eigenvalue weighted by Gasteiger charge is -2.08. The minimum atomic E-state index is -0.0933. The second kappa shape index (κ2) is 7.93. The van der Waals surface area contributed by atoms with Crippen LogP contribution >= 0.6 is 11.8 Å². The van der Waals surface area contributed by atoms with Crippen molar-refractivity contribution >= 4 is 23.2 Å². The van der Waals surface area contributed by atoms with E-state index in [0.717, 1.165) is 5.56 Å². The summed E-state index contributed by atoms with van der Waals surface area (Å²) in [7, 11) is 0. The quantitative estimate of drug-likeness (QED) is 0.307. The van der Waals surface area contributed by atoms with E-state index in [1.165, 1.54) is 23.9 Å². The van der Waals surface area contributed by atoms with Crippen LogP contribution in [0.1, 0.15) is 27.0 Å². The second-order valence-corrected chi connectivity index (χ2v) is 7.60. The van der Waals surface area contributed by atoms with Gasteiger partial charge in [0.15, 0.2) is 5.78 Å². The highest BCUT2D eigenvalue weighted by Crippen LogP contribution is 2.24. The Morgan fingerprint density at radius 2 is 1.66 bits per heavy atom. The van der Waals surface area contributed by atoms with Crippen LogP contribution < -0.4 is 5.56 Å². The summed E-state index contributed by atoms with van der Waals surface area (Å²) in [5.74, 6) is 0.680. The number of carbonyl (C=O) groups is 1. The van der Waals surface area contributed by atoms with Crippen molar-refractivity contribution in [2.75, 3.05) is 0 Å². The molecule has 0 saturated heterocycles. The summed E-state index contributed by atoms with van der Waals surface area (Å²) in [6.45, 7) is 1.79. The second-order valence-electron chi connectivity index (χ2n) is 6.64. The third-order valence-corrected chi connectivity index (χ3v) is 5.78. The number of aromatic nitrogens is 2. The van der Waals surface area contributed by atoms with Crippen LogP contribution in [-0.4, -0.2) is 20.3 Å². The highest BCUT2D eigenvalue weighted by molar-refractivity contribution is 7.98. The van der Waals surface area contributed by atoms with E-state index < -0.39 is 0 Å². The molecule has 0 radical (unpaired) electrons. The molecule has 2 aromatic carbocycles. The number of fused-ring (bicyclic) bond motifs is 1. The van der Waals surface area contributed by atoms with Gasteiger partial charge >= 0.3 is 0 Å². The van der Waals surface area contributed by atoms with Crippen LogP contribution in [0.15, 0.2) is 82.7 Å². The topological polar surface area (TPSA) is 71.7 Å². The smallest absolute Gasteiger partial charge is 0.261 e. The van der Waals surface area contributed by atoms with Crippen LogP contribution in [0.2, 0.25) is 0 Å². The van der Waals surface area contributed by atoms with E-state index in [-0.39, 0.29) is 17.1 Å². The molecule has 1 N–H and O–H groups in total. The first-order chi connectivity index (χ1) is 14.0. The number of phenolic OH excluding ortho intramolecular Hbond substituents is 1. The Kier molecular flexibility index (Phi) is 5.18. The van der Waals surface area contributed by atoms with Gasteiger partial charge in [-0.3, -0.25) is 14.0 Å². The summed E-state index contributed by atoms with van der Waals surface area (Å²) < 4.78 is 1.54. The number of nitrogens with zero attached hydrogens (tertiary/aromatic N) is 2. The lowest BCUT2D eigenvalue weighted by molar-refractivity contribution is 0.103. The monoisotopic (exact) mass is 402 g/mol. The number of carbonyl (C=O) groups excluding carboxylic acids is 1. The van der Waals surface area contributed by atoms with Crippen LogP contribution in [0.25, 0.3) is 5.65 Å². The van der Waals surface area contributed by atoms with E-state index in [9.17, 15) is 14.7 Å². The molecule has 2 heterocycles. The Bertz CT molecular complexity index is 1250. The molecule has 0 spiro atoms. The summed E-state index contributed by atoms with van der Waals surface area (Å²) in [5.41, 5.74) is 3.34. The molecule has 0 aliphatic heterocycles. The van der Waals surface area contributed by atoms with Gasteiger partial charge < -0.3 is 5.11 Å². The average Bonchev–Trinajstić information content (AvgIpc) is 2.76. The molecule has 0 aliphatic rings. The molecule has 0 bridgehead atoms. The van der Waals surface area contributed by atoms with E-state index in [4.69, 9.17) is 0 Å². The third kappa shape index (κ3) is 3.93. The highest BCUT2D eigenvalue weighted by Gasteiger charge is 2.11. The van der Waals surface area contributed by atoms with E-state index in [1.54, 1.807) is 41.8 Å². The van der Waals surface area contributed by atoms with Crippen LogP contribution in [0.5, 0.6) is 5.75 Å². The molecule has 0 saturated carbocycles. The van der Waals surface area contributed by atoms with Gasteiger partial charge in [0.2, 0.25) is 0 Å². The first kappa shape index (κ1) is 19.0. The zero-order valence-corrected chi connectivity index (χ0v) is 16.5. The first-order valence-corrected chi connectivity index (χ1v) is 10.0. The number of ketones is 1. The Balaban J connectivity index is 1.50. The van der Waals surface area contributed by atoms with Crippen LogP contribution in [-0.2, 0) is 5.75 Å². The van der Waals surface area contributed by atoms with E-state index in [1.807, 2.05) is 30.3 Å². The molecule has 0 fully saturated rings. The van der Waals surface area contributed by atoms with Crippen molar-refractivity contribution in [1.82, 2.24) is 9.38 Å². The Morgan fingerprint density at radius 3 is 2.34 bits per heavy atom. The summed E-state index contributed by atoms with van der Waals surface area (Å²) in [4.78, 5) is 29.6. The lowest BCUT2D eigenvalue weighted by atomic mass is 10.0. The normalized spacial score (nSPS) is 10.9. The molecule has 6 heteroatoms. The number of aromatic hydroxyl groups is 1. The predicted octanol–water partition coefficient (Wildman–Crippen LogP) is 4.23. The van der Waals surface area contributed by atoms with Crippen molar-refractivity contribution in [2.24, 2.45) is 0 Å². The Morgan fingerprint density at radius 1 is 1.00 bits per heavy atom. The maximum absolute atomic E-state index is 12.5. The molecule has 0 aliphatic carbocycles. The van der Waals surface area contributed by atoms with Gasteiger partial charge in [-0.2, -0.15) is 0 Å². The minimum absolute atomic E-state index is 0.0621. The van der Waals surface area contributed by atoms with Gasteiger partial charge in [0.05, 0.1) is 0 Å². The van der Waals surface area contributed by atoms with Crippen molar-refractivity contribution in [1.29, 1.82) is 0 Å². The van der Waals surface area contributed by atoms with Crippen LogP contribution in [0, 0.1) is 6.92 Å². The maximum atomic E-state index is 12.5. The Hall–Kier alpha value is -3.38. The largest absolute Gasteiger partial charge is 0.508 e. The number of hydrogen-bond donors (Lipinski definition) is 1. The van der Waals surface area contributed by atoms with Crippen LogP contribution in [0.4, 0.5) is 0 Å². The maximum Gasteiger partial charge on any atom is 0.261 e. The lowest BCUT2D eigenvalue weighted by Crippen LogP contribution is -2.18. The molecular weight excluding hydrogens is 384 g/mol. The first-order valence-electron chi connectivity index (χ1n) is 9.06. The zero-order valence-electron chi connectivity index (χ0n) is 15.7. The highest BCUT2D eigenvalue weighted by atomic mass is 32.2.